The SMILES string of the molecule is CC(NC(=O)c1ccc2cc(C(C)(C)C)ccc2c1)c1ccc2[nH]ncc2c1. The summed E-state index contributed by atoms with van der Waals surface area (Å²) in [4.78, 5) is 12.8. The van der Waals surface area contributed by atoms with Gasteiger partial charge in [-0.1, -0.05) is 51.1 Å². The molecular weight excluding hydrogens is 346 g/mol. The van der Waals surface area contributed by atoms with E-state index in [1.54, 1.807) is 6.20 Å². The van der Waals surface area contributed by atoms with Gasteiger partial charge in [0.2, 0.25) is 0 Å². The molecule has 0 saturated heterocycles. The van der Waals surface area contributed by atoms with Crippen molar-refractivity contribution >= 4 is 27.6 Å². The molecular formula is C24H25N3O. The average Bonchev–Trinajstić information content (AvgIpc) is 3.14. The first kappa shape index (κ1) is 18.2. The summed E-state index contributed by atoms with van der Waals surface area (Å²) < 4.78 is 0. The maximum atomic E-state index is 12.8. The van der Waals surface area contributed by atoms with Gasteiger partial charge in [-0.15, -0.1) is 0 Å². The molecule has 0 aliphatic carbocycles. The fourth-order valence-corrected chi connectivity index (χ4v) is 3.45. The van der Waals surface area contributed by atoms with Gasteiger partial charge in [-0.2, -0.15) is 5.10 Å². The van der Waals surface area contributed by atoms with Crippen molar-refractivity contribution in [3.63, 3.8) is 0 Å². The molecule has 0 saturated carbocycles. The molecule has 1 atom stereocenters. The Morgan fingerprint density at radius 2 is 1.71 bits per heavy atom. The highest BCUT2D eigenvalue weighted by molar-refractivity contribution is 5.99. The third-order valence-electron chi connectivity index (χ3n) is 5.28. The average molecular weight is 371 g/mol. The van der Waals surface area contributed by atoms with Gasteiger partial charge in [0.05, 0.1) is 17.8 Å². The van der Waals surface area contributed by atoms with Crippen LogP contribution >= 0.6 is 0 Å². The van der Waals surface area contributed by atoms with Gasteiger partial charge in [0.15, 0.2) is 0 Å². The molecule has 2 N–H and O–H groups in total. The molecule has 28 heavy (non-hydrogen) atoms. The molecule has 4 nitrogen and oxygen atoms in total. The monoisotopic (exact) mass is 371 g/mol. The number of fused-ring (bicyclic) bond motifs is 2. The summed E-state index contributed by atoms with van der Waals surface area (Å²) in [6.45, 7) is 8.62. The molecule has 1 aromatic heterocycles. The fourth-order valence-electron chi connectivity index (χ4n) is 3.45. The smallest absolute Gasteiger partial charge is 0.251 e. The van der Waals surface area contributed by atoms with Gasteiger partial charge in [-0.25, -0.2) is 0 Å². The van der Waals surface area contributed by atoms with Gasteiger partial charge < -0.3 is 5.32 Å². The Hall–Kier alpha value is -3.14. The zero-order valence-corrected chi connectivity index (χ0v) is 16.7. The van der Waals surface area contributed by atoms with E-state index >= 15 is 0 Å². The summed E-state index contributed by atoms with van der Waals surface area (Å²) in [6, 6.07) is 18.3. The number of nitrogens with zero attached hydrogens (tertiary/aromatic N) is 1. The molecule has 4 heteroatoms. The first-order valence-electron chi connectivity index (χ1n) is 9.59. The van der Waals surface area contributed by atoms with Gasteiger partial charge in [0, 0.05) is 10.9 Å². The summed E-state index contributed by atoms with van der Waals surface area (Å²) >= 11 is 0. The van der Waals surface area contributed by atoms with Gasteiger partial charge in [-0.3, -0.25) is 9.89 Å². The predicted molar refractivity (Wildman–Crippen MR) is 115 cm³/mol. The molecule has 3 aromatic carbocycles. The van der Waals surface area contributed by atoms with Crippen molar-refractivity contribution < 1.29 is 4.79 Å². The maximum absolute atomic E-state index is 12.8. The molecule has 0 aliphatic rings. The summed E-state index contributed by atoms with van der Waals surface area (Å²) in [5, 5.41) is 13.4. The summed E-state index contributed by atoms with van der Waals surface area (Å²) in [6.07, 6.45) is 1.79. The van der Waals surface area contributed by atoms with E-state index < -0.39 is 0 Å². The van der Waals surface area contributed by atoms with Crippen molar-refractivity contribution in [1.82, 2.24) is 15.5 Å². The first-order valence-corrected chi connectivity index (χ1v) is 9.59. The lowest BCUT2D eigenvalue weighted by Crippen LogP contribution is -2.26. The molecule has 0 bridgehead atoms. The molecule has 0 spiro atoms. The van der Waals surface area contributed by atoms with Crippen molar-refractivity contribution in [3.05, 3.63) is 77.5 Å². The minimum Gasteiger partial charge on any atom is -0.346 e. The van der Waals surface area contributed by atoms with E-state index in [9.17, 15) is 4.79 Å². The lowest BCUT2D eigenvalue weighted by atomic mass is 9.86. The molecule has 0 aliphatic heterocycles. The second-order valence-corrected chi connectivity index (χ2v) is 8.44. The van der Waals surface area contributed by atoms with Gasteiger partial charge >= 0.3 is 0 Å². The lowest BCUT2D eigenvalue weighted by molar-refractivity contribution is 0.0940. The molecule has 142 valence electrons. The van der Waals surface area contributed by atoms with E-state index in [1.165, 1.54) is 5.56 Å². The standard InChI is InChI=1S/C24H25N3O/c1-15(16-8-10-22-20(11-16)14-25-27-22)26-23(28)19-6-5-18-13-21(24(2,3)4)9-7-17(18)12-19/h5-15H,1-4H3,(H,25,27)(H,26,28). The van der Waals surface area contributed by atoms with E-state index in [2.05, 4.69) is 60.6 Å². The highest BCUT2D eigenvalue weighted by Gasteiger charge is 2.15. The number of rotatable bonds is 3. The summed E-state index contributed by atoms with van der Waals surface area (Å²) in [5.74, 6) is -0.0680. The number of hydrogen-bond acceptors (Lipinski definition) is 2. The maximum Gasteiger partial charge on any atom is 0.251 e. The van der Waals surface area contributed by atoms with Crippen LogP contribution in [0.25, 0.3) is 21.7 Å². The summed E-state index contributed by atoms with van der Waals surface area (Å²) in [7, 11) is 0. The van der Waals surface area contributed by atoms with Crippen LogP contribution in [-0.4, -0.2) is 16.1 Å². The fraction of sp³-hybridized carbons (Fsp3) is 0.250. The largest absolute Gasteiger partial charge is 0.346 e. The Morgan fingerprint density at radius 3 is 2.50 bits per heavy atom. The van der Waals surface area contributed by atoms with Crippen molar-refractivity contribution in [2.75, 3.05) is 0 Å². The van der Waals surface area contributed by atoms with Crippen LogP contribution in [0.3, 0.4) is 0 Å². The van der Waals surface area contributed by atoms with E-state index in [0.717, 1.165) is 27.2 Å². The minimum atomic E-state index is -0.0919. The van der Waals surface area contributed by atoms with Crippen LogP contribution in [0.1, 0.15) is 55.2 Å². The molecule has 0 radical (unpaired) electrons. The molecule has 1 heterocycles. The minimum absolute atomic E-state index is 0.0680. The number of carbonyl (C=O) groups excluding carboxylic acids is 1. The predicted octanol–water partition coefficient (Wildman–Crippen LogP) is 5.50. The van der Waals surface area contributed by atoms with Crippen LogP contribution in [0, 0.1) is 0 Å². The van der Waals surface area contributed by atoms with Crippen LogP contribution in [0.15, 0.2) is 60.8 Å². The van der Waals surface area contributed by atoms with Crippen LogP contribution in [0.2, 0.25) is 0 Å². The lowest BCUT2D eigenvalue weighted by Gasteiger charge is -2.19. The number of carbonyl (C=O) groups is 1. The molecule has 1 unspecified atom stereocenters. The number of hydrogen-bond donors (Lipinski definition) is 2. The van der Waals surface area contributed by atoms with Crippen molar-refractivity contribution in [1.29, 1.82) is 0 Å². The zero-order chi connectivity index (χ0) is 19.9. The Bertz CT molecular complexity index is 1170. The second kappa shape index (κ2) is 6.79. The highest BCUT2D eigenvalue weighted by Crippen LogP contribution is 2.27. The number of amides is 1. The topological polar surface area (TPSA) is 57.8 Å². The zero-order valence-electron chi connectivity index (χ0n) is 16.7. The third kappa shape index (κ3) is 3.50. The van der Waals surface area contributed by atoms with E-state index in [0.29, 0.717) is 5.56 Å². The Balaban J connectivity index is 1.56. The van der Waals surface area contributed by atoms with Crippen LogP contribution in [0.4, 0.5) is 0 Å². The van der Waals surface area contributed by atoms with Gasteiger partial charge in [0.25, 0.3) is 5.91 Å². The molecule has 0 fully saturated rings. The van der Waals surface area contributed by atoms with Gasteiger partial charge in [0.1, 0.15) is 0 Å². The number of H-pyrrole nitrogens is 1. The number of benzene rings is 3. The van der Waals surface area contributed by atoms with Crippen LogP contribution in [0.5, 0.6) is 0 Å². The Morgan fingerprint density at radius 1 is 0.964 bits per heavy atom. The summed E-state index contributed by atoms with van der Waals surface area (Å²) in [5.41, 5.74) is 4.12. The van der Waals surface area contributed by atoms with E-state index in [-0.39, 0.29) is 17.4 Å². The Kier molecular flexibility index (Phi) is 4.42. The molecule has 1 amide bonds. The van der Waals surface area contributed by atoms with Gasteiger partial charge in [-0.05, 0) is 58.5 Å². The first-order chi connectivity index (χ1) is 13.3. The Labute approximate surface area is 165 Å². The van der Waals surface area contributed by atoms with Crippen molar-refractivity contribution in [2.24, 2.45) is 0 Å². The van der Waals surface area contributed by atoms with Crippen LogP contribution in [-0.2, 0) is 5.41 Å². The quantitative estimate of drug-likeness (QED) is 0.499. The van der Waals surface area contributed by atoms with E-state index in [4.69, 9.17) is 0 Å². The third-order valence-corrected chi connectivity index (χ3v) is 5.28. The number of nitrogens with one attached hydrogen (secondary N) is 2. The number of aromatic amines is 1. The van der Waals surface area contributed by atoms with Crippen LogP contribution < -0.4 is 5.32 Å². The van der Waals surface area contributed by atoms with E-state index in [1.807, 2.05) is 37.3 Å². The number of aromatic nitrogens is 2. The van der Waals surface area contributed by atoms with Crippen molar-refractivity contribution in [2.45, 2.75) is 39.2 Å². The van der Waals surface area contributed by atoms with Crippen molar-refractivity contribution in [3.8, 4) is 0 Å². The molecule has 4 rings (SSSR count). The second-order valence-electron chi connectivity index (χ2n) is 8.44. The normalized spacial score (nSPS) is 13.0. The highest BCUT2D eigenvalue weighted by atomic mass is 16.1. The molecule has 4 aromatic rings.